The second-order valence-electron chi connectivity index (χ2n) is 5.77. The van der Waals surface area contributed by atoms with Crippen molar-refractivity contribution < 1.29 is 14.4 Å². The third-order valence-corrected chi connectivity index (χ3v) is 4.23. The van der Waals surface area contributed by atoms with Crippen LogP contribution in [0.3, 0.4) is 0 Å². The molecule has 0 radical (unpaired) electrons. The van der Waals surface area contributed by atoms with Crippen LogP contribution in [0.2, 0.25) is 0 Å². The molecular weight excluding hydrogens is 294 g/mol. The van der Waals surface area contributed by atoms with Crippen LogP contribution in [-0.4, -0.2) is 42.4 Å². The van der Waals surface area contributed by atoms with Crippen molar-refractivity contribution in [2.75, 3.05) is 19.6 Å². The molecule has 0 aliphatic carbocycles. The molecule has 2 rings (SSSR count). The molecule has 23 heavy (non-hydrogen) atoms. The molecule has 1 fully saturated rings. The minimum atomic E-state index is -0.397. The number of carbonyl (C=O) groups is 3. The summed E-state index contributed by atoms with van der Waals surface area (Å²) in [6.45, 7) is 4.60. The van der Waals surface area contributed by atoms with Crippen LogP contribution in [0.1, 0.15) is 31.7 Å². The quantitative estimate of drug-likeness (QED) is 0.748. The van der Waals surface area contributed by atoms with Gasteiger partial charge in [0.15, 0.2) is 0 Å². The van der Waals surface area contributed by atoms with Crippen molar-refractivity contribution in [1.82, 2.24) is 15.5 Å². The maximum atomic E-state index is 12.6. The SMILES string of the molecule is CC[C@@H](C)[C@H](C(=O)NCCN1C(=O)CNC1=O)c1ccccc1. The van der Waals surface area contributed by atoms with E-state index in [1.807, 2.05) is 30.3 Å². The molecule has 1 aromatic rings. The first kappa shape index (κ1) is 17.0. The summed E-state index contributed by atoms with van der Waals surface area (Å²) in [7, 11) is 0. The first-order valence-electron chi connectivity index (χ1n) is 7.95. The lowest BCUT2D eigenvalue weighted by molar-refractivity contribution is -0.126. The Labute approximate surface area is 136 Å². The standard InChI is InChI=1S/C17H23N3O3/c1-3-12(2)15(13-7-5-4-6-8-13)16(22)18-9-10-20-14(21)11-19-17(20)23/h4-8,12,15H,3,9-11H2,1-2H3,(H,18,22)(H,19,23)/t12-,15+/m1/s1. The van der Waals surface area contributed by atoms with Crippen molar-refractivity contribution in [1.29, 1.82) is 0 Å². The maximum Gasteiger partial charge on any atom is 0.324 e. The van der Waals surface area contributed by atoms with Crippen LogP contribution in [-0.2, 0) is 9.59 Å². The maximum absolute atomic E-state index is 12.6. The summed E-state index contributed by atoms with van der Waals surface area (Å²) in [5, 5.41) is 5.31. The number of carbonyl (C=O) groups excluding carboxylic acids is 3. The van der Waals surface area contributed by atoms with Gasteiger partial charge in [-0.25, -0.2) is 4.79 Å². The van der Waals surface area contributed by atoms with Crippen LogP contribution >= 0.6 is 0 Å². The molecule has 2 N–H and O–H groups in total. The monoisotopic (exact) mass is 317 g/mol. The van der Waals surface area contributed by atoms with Gasteiger partial charge in [-0.1, -0.05) is 50.6 Å². The predicted octanol–water partition coefficient (Wildman–Crippen LogP) is 1.48. The zero-order chi connectivity index (χ0) is 16.8. The van der Waals surface area contributed by atoms with Gasteiger partial charge in [0.25, 0.3) is 0 Å². The van der Waals surface area contributed by atoms with Crippen molar-refractivity contribution in [3.8, 4) is 0 Å². The van der Waals surface area contributed by atoms with E-state index in [-0.39, 0.29) is 43.3 Å². The number of hydrogen-bond donors (Lipinski definition) is 2. The van der Waals surface area contributed by atoms with Crippen LogP contribution < -0.4 is 10.6 Å². The summed E-state index contributed by atoms with van der Waals surface area (Å²) in [6.07, 6.45) is 0.889. The zero-order valence-electron chi connectivity index (χ0n) is 13.5. The number of nitrogens with one attached hydrogen (secondary N) is 2. The van der Waals surface area contributed by atoms with E-state index >= 15 is 0 Å². The molecule has 124 valence electrons. The molecular formula is C17H23N3O3. The molecule has 1 aliphatic heterocycles. The highest BCUT2D eigenvalue weighted by Crippen LogP contribution is 2.27. The molecule has 0 unspecified atom stereocenters. The Balaban J connectivity index is 1.96. The van der Waals surface area contributed by atoms with E-state index in [9.17, 15) is 14.4 Å². The van der Waals surface area contributed by atoms with E-state index in [4.69, 9.17) is 0 Å². The van der Waals surface area contributed by atoms with Crippen molar-refractivity contribution >= 4 is 17.8 Å². The lowest BCUT2D eigenvalue weighted by Gasteiger charge is -2.23. The number of rotatable bonds is 7. The van der Waals surface area contributed by atoms with Crippen molar-refractivity contribution in [2.24, 2.45) is 5.92 Å². The fourth-order valence-corrected chi connectivity index (χ4v) is 2.72. The Hall–Kier alpha value is -2.37. The van der Waals surface area contributed by atoms with Gasteiger partial charge in [0.05, 0.1) is 12.5 Å². The molecule has 0 saturated carbocycles. The Bertz CT molecular complexity index is 558. The first-order valence-corrected chi connectivity index (χ1v) is 7.95. The number of amides is 4. The molecule has 6 heteroatoms. The lowest BCUT2D eigenvalue weighted by Crippen LogP contribution is -2.40. The van der Waals surface area contributed by atoms with E-state index in [0.29, 0.717) is 0 Å². The highest BCUT2D eigenvalue weighted by Gasteiger charge is 2.29. The van der Waals surface area contributed by atoms with Crippen LogP contribution in [0.25, 0.3) is 0 Å². The van der Waals surface area contributed by atoms with Gasteiger partial charge in [0.1, 0.15) is 0 Å². The number of benzene rings is 1. The minimum absolute atomic E-state index is 0.0340. The predicted molar refractivity (Wildman–Crippen MR) is 86.8 cm³/mol. The second kappa shape index (κ2) is 7.76. The summed E-state index contributed by atoms with van der Waals surface area (Å²) < 4.78 is 0. The minimum Gasteiger partial charge on any atom is -0.354 e. The highest BCUT2D eigenvalue weighted by molar-refractivity contribution is 6.01. The van der Waals surface area contributed by atoms with Crippen LogP contribution in [0.15, 0.2) is 30.3 Å². The largest absolute Gasteiger partial charge is 0.354 e. The van der Waals surface area contributed by atoms with Crippen molar-refractivity contribution in [3.05, 3.63) is 35.9 Å². The fraction of sp³-hybridized carbons (Fsp3) is 0.471. The summed E-state index contributed by atoms with van der Waals surface area (Å²) in [4.78, 5) is 36.6. The van der Waals surface area contributed by atoms with Gasteiger partial charge in [-0.05, 0) is 11.5 Å². The Morgan fingerprint density at radius 2 is 2.00 bits per heavy atom. The molecule has 2 atom stereocenters. The average molecular weight is 317 g/mol. The molecule has 4 amide bonds. The molecule has 0 bridgehead atoms. The Morgan fingerprint density at radius 1 is 1.30 bits per heavy atom. The topological polar surface area (TPSA) is 78.5 Å². The second-order valence-corrected chi connectivity index (χ2v) is 5.77. The molecule has 0 spiro atoms. The van der Waals surface area contributed by atoms with Gasteiger partial charge < -0.3 is 10.6 Å². The van der Waals surface area contributed by atoms with Gasteiger partial charge in [0.2, 0.25) is 11.8 Å². The lowest BCUT2D eigenvalue weighted by atomic mass is 9.85. The van der Waals surface area contributed by atoms with E-state index < -0.39 is 6.03 Å². The summed E-state index contributed by atoms with van der Waals surface area (Å²) in [6, 6.07) is 9.27. The normalized spacial score (nSPS) is 16.9. The van der Waals surface area contributed by atoms with Crippen molar-refractivity contribution in [3.63, 3.8) is 0 Å². The Morgan fingerprint density at radius 3 is 2.57 bits per heavy atom. The van der Waals surface area contributed by atoms with E-state index in [1.54, 1.807) is 0 Å². The van der Waals surface area contributed by atoms with Crippen LogP contribution in [0.4, 0.5) is 4.79 Å². The summed E-state index contributed by atoms with van der Waals surface area (Å²) in [5.41, 5.74) is 0.981. The van der Waals surface area contributed by atoms with Gasteiger partial charge in [-0.3, -0.25) is 14.5 Å². The molecule has 0 aromatic heterocycles. The number of hydrogen-bond acceptors (Lipinski definition) is 3. The third-order valence-electron chi connectivity index (χ3n) is 4.23. The Kier molecular flexibility index (Phi) is 5.73. The van der Waals surface area contributed by atoms with Gasteiger partial charge >= 0.3 is 6.03 Å². The van der Waals surface area contributed by atoms with Crippen LogP contribution in [0, 0.1) is 5.92 Å². The van der Waals surface area contributed by atoms with E-state index in [2.05, 4.69) is 24.5 Å². The zero-order valence-corrected chi connectivity index (χ0v) is 13.5. The van der Waals surface area contributed by atoms with Gasteiger partial charge in [0, 0.05) is 13.1 Å². The summed E-state index contributed by atoms with van der Waals surface area (Å²) >= 11 is 0. The molecule has 1 aliphatic rings. The molecule has 1 aromatic carbocycles. The fourth-order valence-electron chi connectivity index (χ4n) is 2.72. The van der Waals surface area contributed by atoms with E-state index in [0.717, 1.165) is 16.9 Å². The van der Waals surface area contributed by atoms with Gasteiger partial charge in [-0.2, -0.15) is 0 Å². The number of nitrogens with zero attached hydrogens (tertiary/aromatic N) is 1. The smallest absolute Gasteiger partial charge is 0.324 e. The van der Waals surface area contributed by atoms with Crippen LogP contribution in [0.5, 0.6) is 0 Å². The molecule has 1 heterocycles. The third kappa shape index (κ3) is 4.09. The average Bonchev–Trinajstić information content (AvgIpc) is 2.87. The molecule has 6 nitrogen and oxygen atoms in total. The number of imide groups is 1. The van der Waals surface area contributed by atoms with Gasteiger partial charge in [-0.15, -0.1) is 0 Å². The first-order chi connectivity index (χ1) is 11.0. The number of urea groups is 1. The van der Waals surface area contributed by atoms with Crippen molar-refractivity contribution in [2.45, 2.75) is 26.2 Å². The van der Waals surface area contributed by atoms with E-state index in [1.165, 1.54) is 0 Å². The highest BCUT2D eigenvalue weighted by atomic mass is 16.2. The summed E-state index contributed by atoms with van der Waals surface area (Å²) in [5.74, 6) is -0.359. The molecule has 1 saturated heterocycles.